The Bertz CT molecular complexity index is 1020. The number of rotatable bonds is 2. The molecular formula is C19H17N3O3. The number of nitrogens with zero attached hydrogens (tertiary/aromatic N) is 3. The second-order valence-corrected chi connectivity index (χ2v) is 6.19. The molecule has 1 amide bonds. The van der Waals surface area contributed by atoms with Crippen LogP contribution in [0.4, 0.5) is 5.69 Å². The number of carbonyl (C=O) groups excluding carboxylic acids is 2. The third-order valence-corrected chi connectivity index (χ3v) is 4.57. The standard InChI is InChI=1S/C19H17N3O3/c1-11-5-4-8-22-15(10-23)17(20-18(11)22)13-6-7-16-14(9-13)21(3)19(24)12(2)25-16/h4-10,12H,1-3H3. The molecule has 1 aliphatic heterocycles. The summed E-state index contributed by atoms with van der Waals surface area (Å²) in [6.07, 6.45) is 2.12. The van der Waals surface area contributed by atoms with Crippen molar-refractivity contribution < 1.29 is 14.3 Å². The van der Waals surface area contributed by atoms with Gasteiger partial charge in [0.25, 0.3) is 5.91 Å². The lowest BCUT2D eigenvalue weighted by molar-refractivity contribution is -0.125. The Balaban J connectivity index is 1.92. The molecule has 1 atom stereocenters. The van der Waals surface area contributed by atoms with Gasteiger partial charge in [-0.2, -0.15) is 0 Å². The average molecular weight is 335 g/mol. The number of likely N-dealkylation sites (N-methyl/N-ethyl adjacent to an activating group) is 1. The summed E-state index contributed by atoms with van der Waals surface area (Å²) in [5.41, 5.74) is 4.24. The minimum atomic E-state index is -0.508. The van der Waals surface area contributed by atoms with Crippen LogP contribution < -0.4 is 9.64 Å². The number of carbonyl (C=O) groups is 2. The molecule has 126 valence electrons. The lowest BCUT2D eigenvalue weighted by Crippen LogP contribution is -2.41. The highest BCUT2D eigenvalue weighted by atomic mass is 16.5. The van der Waals surface area contributed by atoms with Crippen LogP contribution >= 0.6 is 0 Å². The molecule has 0 aliphatic carbocycles. The lowest BCUT2D eigenvalue weighted by Gasteiger charge is -2.30. The Morgan fingerprint density at radius 2 is 2.08 bits per heavy atom. The summed E-state index contributed by atoms with van der Waals surface area (Å²) in [7, 11) is 1.72. The average Bonchev–Trinajstić information content (AvgIpc) is 2.99. The highest BCUT2D eigenvalue weighted by Crippen LogP contribution is 2.37. The fourth-order valence-corrected chi connectivity index (χ4v) is 3.21. The van der Waals surface area contributed by atoms with Crippen LogP contribution in [-0.2, 0) is 4.79 Å². The van der Waals surface area contributed by atoms with Crippen LogP contribution in [0.2, 0.25) is 0 Å². The fourth-order valence-electron chi connectivity index (χ4n) is 3.21. The topological polar surface area (TPSA) is 63.9 Å². The molecule has 1 unspecified atom stereocenters. The van der Waals surface area contributed by atoms with Gasteiger partial charge in [0.1, 0.15) is 22.8 Å². The molecule has 1 aromatic carbocycles. The SMILES string of the molecule is Cc1cccn2c(C=O)c(-c3ccc4c(c3)N(C)C(=O)C(C)O4)nc12. The normalized spacial score (nSPS) is 16.7. The third kappa shape index (κ3) is 2.21. The van der Waals surface area contributed by atoms with E-state index in [1.807, 2.05) is 43.5 Å². The van der Waals surface area contributed by atoms with E-state index in [0.717, 1.165) is 23.1 Å². The van der Waals surface area contributed by atoms with Gasteiger partial charge in [-0.15, -0.1) is 0 Å². The minimum Gasteiger partial charge on any atom is -0.479 e. The van der Waals surface area contributed by atoms with Crippen molar-refractivity contribution in [3.63, 3.8) is 0 Å². The Hall–Kier alpha value is -3.15. The summed E-state index contributed by atoms with van der Waals surface area (Å²) in [5, 5.41) is 0. The Morgan fingerprint density at radius 3 is 2.84 bits per heavy atom. The molecule has 0 fully saturated rings. The molecule has 25 heavy (non-hydrogen) atoms. The highest BCUT2D eigenvalue weighted by molar-refractivity contribution is 6.00. The van der Waals surface area contributed by atoms with Crippen molar-refractivity contribution in [2.75, 3.05) is 11.9 Å². The molecule has 4 rings (SSSR count). The van der Waals surface area contributed by atoms with E-state index in [1.54, 1.807) is 23.3 Å². The zero-order valence-electron chi connectivity index (χ0n) is 14.2. The van der Waals surface area contributed by atoms with Crippen LogP contribution in [-0.4, -0.2) is 34.7 Å². The molecule has 0 bridgehead atoms. The first kappa shape index (κ1) is 15.4. The number of aromatic nitrogens is 2. The largest absolute Gasteiger partial charge is 0.479 e. The maximum Gasteiger partial charge on any atom is 0.267 e. The minimum absolute atomic E-state index is 0.105. The number of anilines is 1. The van der Waals surface area contributed by atoms with Gasteiger partial charge >= 0.3 is 0 Å². The van der Waals surface area contributed by atoms with E-state index in [2.05, 4.69) is 4.98 Å². The van der Waals surface area contributed by atoms with Gasteiger partial charge in [-0.3, -0.25) is 14.0 Å². The number of imidazole rings is 1. The third-order valence-electron chi connectivity index (χ3n) is 4.57. The van der Waals surface area contributed by atoms with Crippen molar-refractivity contribution in [1.29, 1.82) is 0 Å². The van der Waals surface area contributed by atoms with Crippen molar-refractivity contribution in [3.8, 4) is 17.0 Å². The maximum absolute atomic E-state index is 12.2. The molecule has 0 saturated carbocycles. The van der Waals surface area contributed by atoms with Crippen LogP contribution in [0.5, 0.6) is 5.75 Å². The molecule has 3 heterocycles. The first-order valence-corrected chi connectivity index (χ1v) is 8.02. The van der Waals surface area contributed by atoms with Gasteiger partial charge in [0.15, 0.2) is 12.4 Å². The number of pyridine rings is 1. The number of benzene rings is 1. The van der Waals surface area contributed by atoms with E-state index in [0.29, 0.717) is 22.8 Å². The van der Waals surface area contributed by atoms with Gasteiger partial charge in [-0.1, -0.05) is 6.07 Å². The van der Waals surface area contributed by atoms with Crippen molar-refractivity contribution in [2.24, 2.45) is 0 Å². The molecule has 0 spiro atoms. The predicted molar refractivity (Wildman–Crippen MR) is 94.3 cm³/mol. The molecule has 1 aliphatic rings. The van der Waals surface area contributed by atoms with Gasteiger partial charge in [-0.05, 0) is 43.7 Å². The summed E-state index contributed by atoms with van der Waals surface area (Å²) in [4.78, 5) is 30.1. The molecule has 6 nitrogen and oxygen atoms in total. The van der Waals surface area contributed by atoms with E-state index in [4.69, 9.17) is 4.74 Å². The molecule has 0 saturated heterocycles. The van der Waals surface area contributed by atoms with Crippen molar-refractivity contribution >= 4 is 23.5 Å². The van der Waals surface area contributed by atoms with Gasteiger partial charge < -0.3 is 9.64 Å². The summed E-state index contributed by atoms with van der Waals surface area (Å²) >= 11 is 0. The van der Waals surface area contributed by atoms with Crippen LogP contribution in [0, 0.1) is 6.92 Å². The monoisotopic (exact) mass is 335 g/mol. The van der Waals surface area contributed by atoms with Crippen molar-refractivity contribution in [3.05, 3.63) is 47.8 Å². The van der Waals surface area contributed by atoms with Gasteiger partial charge in [0, 0.05) is 18.8 Å². The van der Waals surface area contributed by atoms with Crippen LogP contribution in [0.15, 0.2) is 36.5 Å². The number of aryl methyl sites for hydroxylation is 1. The number of amides is 1. The molecule has 0 N–H and O–H groups in total. The predicted octanol–water partition coefficient (Wildman–Crippen LogP) is 2.87. The van der Waals surface area contributed by atoms with Gasteiger partial charge in [0.05, 0.1) is 5.69 Å². The first-order valence-electron chi connectivity index (χ1n) is 8.02. The van der Waals surface area contributed by atoms with E-state index in [9.17, 15) is 9.59 Å². The summed E-state index contributed by atoms with van der Waals surface area (Å²) < 4.78 is 7.44. The smallest absolute Gasteiger partial charge is 0.267 e. The molecule has 0 radical (unpaired) electrons. The van der Waals surface area contributed by atoms with Crippen molar-refractivity contribution in [1.82, 2.24) is 9.38 Å². The maximum atomic E-state index is 12.2. The van der Waals surface area contributed by atoms with Crippen LogP contribution in [0.25, 0.3) is 16.9 Å². The zero-order chi connectivity index (χ0) is 17.7. The Morgan fingerprint density at radius 1 is 1.28 bits per heavy atom. The molecular weight excluding hydrogens is 318 g/mol. The highest BCUT2D eigenvalue weighted by Gasteiger charge is 2.29. The van der Waals surface area contributed by atoms with Crippen molar-refractivity contribution in [2.45, 2.75) is 20.0 Å². The Kier molecular flexibility index (Phi) is 3.35. The number of hydrogen-bond acceptors (Lipinski definition) is 4. The number of aldehydes is 1. The number of hydrogen-bond donors (Lipinski definition) is 0. The summed E-state index contributed by atoms with van der Waals surface area (Å²) in [6, 6.07) is 9.35. The summed E-state index contributed by atoms with van der Waals surface area (Å²) in [5.74, 6) is 0.539. The zero-order valence-corrected chi connectivity index (χ0v) is 14.2. The quantitative estimate of drug-likeness (QED) is 0.676. The lowest BCUT2D eigenvalue weighted by atomic mass is 10.1. The van der Waals surface area contributed by atoms with Crippen LogP contribution in [0.1, 0.15) is 23.0 Å². The van der Waals surface area contributed by atoms with Gasteiger partial charge in [0.2, 0.25) is 0 Å². The van der Waals surface area contributed by atoms with E-state index in [1.165, 1.54) is 0 Å². The molecule has 2 aromatic heterocycles. The molecule has 6 heteroatoms. The second kappa shape index (κ2) is 5.44. The fraction of sp³-hybridized carbons (Fsp3) is 0.211. The van der Waals surface area contributed by atoms with Crippen LogP contribution in [0.3, 0.4) is 0 Å². The Labute approximate surface area is 144 Å². The van der Waals surface area contributed by atoms with E-state index in [-0.39, 0.29) is 5.91 Å². The van der Waals surface area contributed by atoms with E-state index >= 15 is 0 Å². The summed E-state index contributed by atoms with van der Waals surface area (Å²) in [6.45, 7) is 3.68. The number of ether oxygens (including phenoxy) is 1. The van der Waals surface area contributed by atoms with E-state index < -0.39 is 6.10 Å². The molecule has 3 aromatic rings. The first-order chi connectivity index (χ1) is 12.0. The van der Waals surface area contributed by atoms with Gasteiger partial charge in [-0.25, -0.2) is 4.98 Å². The second-order valence-electron chi connectivity index (χ2n) is 6.19. The number of fused-ring (bicyclic) bond motifs is 2.